The van der Waals surface area contributed by atoms with Gasteiger partial charge in [0, 0.05) is 13.6 Å². The van der Waals surface area contributed by atoms with Crippen molar-refractivity contribution in [3.05, 3.63) is 35.4 Å². The van der Waals surface area contributed by atoms with Gasteiger partial charge in [0.1, 0.15) is 0 Å². The van der Waals surface area contributed by atoms with Crippen LogP contribution in [0.2, 0.25) is 0 Å². The summed E-state index contributed by atoms with van der Waals surface area (Å²) in [7, 11) is 1.70. The van der Waals surface area contributed by atoms with Crippen molar-refractivity contribution in [2.45, 2.75) is 13.3 Å². The second-order valence-electron chi connectivity index (χ2n) is 3.70. The minimum absolute atomic E-state index is 0.0101. The van der Waals surface area contributed by atoms with E-state index in [1.165, 1.54) is 5.56 Å². The largest absolute Gasteiger partial charge is 0.395 e. The van der Waals surface area contributed by atoms with Crippen molar-refractivity contribution < 1.29 is 9.90 Å². The Balaban J connectivity index is 2.54. The molecule has 15 heavy (non-hydrogen) atoms. The number of rotatable bonds is 4. The van der Waals surface area contributed by atoms with Crippen LogP contribution in [0.5, 0.6) is 0 Å². The Hall–Kier alpha value is -1.35. The van der Waals surface area contributed by atoms with Gasteiger partial charge in [-0.2, -0.15) is 0 Å². The van der Waals surface area contributed by atoms with E-state index in [2.05, 4.69) is 0 Å². The summed E-state index contributed by atoms with van der Waals surface area (Å²) in [6.07, 6.45) is 0.400. The Morgan fingerprint density at radius 2 is 1.93 bits per heavy atom. The Morgan fingerprint density at radius 1 is 1.33 bits per heavy atom. The molecule has 82 valence electrons. The number of carbonyl (C=O) groups is 1. The summed E-state index contributed by atoms with van der Waals surface area (Å²) in [6.45, 7) is 2.42. The number of benzene rings is 1. The molecule has 0 spiro atoms. The van der Waals surface area contributed by atoms with Crippen molar-refractivity contribution in [1.82, 2.24) is 4.90 Å². The summed E-state index contributed by atoms with van der Waals surface area (Å²) in [4.78, 5) is 13.1. The predicted octanol–water partition coefficient (Wildman–Crippen LogP) is 0.988. The molecule has 0 aliphatic rings. The second-order valence-corrected chi connectivity index (χ2v) is 3.70. The van der Waals surface area contributed by atoms with Crippen molar-refractivity contribution in [3.8, 4) is 0 Å². The first-order valence-corrected chi connectivity index (χ1v) is 5.04. The summed E-state index contributed by atoms with van der Waals surface area (Å²) >= 11 is 0. The van der Waals surface area contributed by atoms with Crippen LogP contribution in [-0.2, 0) is 11.2 Å². The molecule has 0 saturated heterocycles. The van der Waals surface area contributed by atoms with E-state index in [1.807, 2.05) is 31.2 Å². The third-order valence-electron chi connectivity index (χ3n) is 2.34. The van der Waals surface area contributed by atoms with Crippen LogP contribution in [0.1, 0.15) is 11.1 Å². The van der Waals surface area contributed by atoms with Gasteiger partial charge >= 0.3 is 0 Å². The van der Waals surface area contributed by atoms with E-state index in [9.17, 15) is 4.79 Å². The van der Waals surface area contributed by atoms with Gasteiger partial charge in [0.2, 0.25) is 5.91 Å². The summed E-state index contributed by atoms with van der Waals surface area (Å²) < 4.78 is 0. The molecule has 0 bridgehead atoms. The zero-order chi connectivity index (χ0) is 11.3. The van der Waals surface area contributed by atoms with E-state index in [4.69, 9.17) is 5.11 Å². The van der Waals surface area contributed by atoms with E-state index in [1.54, 1.807) is 11.9 Å². The first-order valence-electron chi connectivity index (χ1n) is 5.04. The SMILES string of the molecule is Cc1ccc(CC(=O)N(C)CCO)cc1. The van der Waals surface area contributed by atoms with Crippen LogP contribution < -0.4 is 0 Å². The van der Waals surface area contributed by atoms with E-state index in [0.717, 1.165) is 5.56 Å². The van der Waals surface area contributed by atoms with Crippen LogP contribution >= 0.6 is 0 Å². The molecular formula is C12H17NO2. The average Bonchev–Trinajstić information content (AvgIpc) is 2.22. The third-order valence-corrected chi connectivity index (χ3v) is 2.34. The van der Waals surface area contributed by atoms with Gasteiger partial charge in [0.25, 0.3) is 0 Å². The number of aliphatic hydroxyl groups is 1. The van der Waals surface area contributed by atoms with Crippen molar-refractivity contribution in [2.75, 3.05) is 20.2 Å². The molecule has 0 unspecified atom stereocenters. The number of nitrogens with zero attached hydrogens (tertiary/aromatic N) is 1. The highest BCUT2D eigenvalue weighted by molar-refractivity contribution is 5.78. The molecule has 0 heterocycles. The van der Waals surface area contributed by atoms with Crippen LogP contribution in [-0.4, -0.2) is 36.1 Å². The molecule has 0 atom stereocenters. The van der Waals surface area contributed by atoms with Crippen LogP contribution in [0.25, 0.3) is 0 Å². The van der Waals surface area contributed by atoms with Gasteiger partial charge in [-0.25, -0.2) is 0 Å². The minimum atomic E-state index is 0.0101. The molecule has 3 nitrogen and oxygen atoms in total. The third kappa shape index (κ3) is 3.72. The van der Waals surface area contributed by atoms with E-state index in [0.29, 0.717) is 13.0 Å². The number of aryl methyl sites for hydroxylation is 1. The molecule has 0 aliphatic heterocycles. The van der Waals surface area contributed by atoms with E-state index < -0.39 is 0 Å². The number of likely N-dealkylation sites (N-methyl/N-ethyl adjacent to an activating group) is 1. The lowest BCUT2D eigenvalue weighted by atomic mass is 10.1. The van der Waals surface area contributed by atoms with E-state index in [-0.39, 0.29) is 12.5 Å². The fourth-order valence-corrected chi connectivity index (χ4v) is 1.29. The minimum Gasteiger partial charge on any atom is -0.395 e. The maximum absolute atomic E-state index is 11.6. The van der Waals surface area contributed by atoms with Gasteiger partial charge in [-0.1, -0.05) is 29.8 Å². The van der Waals surface area contributed by atoms with Gasteiger partial charge in [0.05, 0.1) is 13.0 Å². The topological polar surface area (TPSA) is 40.5 Å². The van der Waals surface area contributed by atoms with Crippen LogP contribution in [0.3, 0.4) is 0 Å². The predicted molar refractivity (Wildman–Crippen MR) is 59.6 cm³/mol. The zero-order valence-corrected chi connectivity index (χ0v) is 9.23. The molecule has 0 saturated carbocycles. The van der Waals surface area contributed by atoms with Gasteiger partial charge in [-0.05, 0) is 12.5 Å². The number of carbonyl (C=O) groups excluding carboxylic acids is 1. The Morgan fingerprint density at radius 3 is 2.47 bits per heavy atom. The van der Waals surface area contributed by atoms with Gasteiger partial charge < -0.3 is 10.0 Å². The highest BCUT2D eigenvalue weighted by Crippen LogP contribution is 2.05. The van der Waals surface area contributed by atoms with E-state index >= 15 is 0 Å². The Bertz CT molecular complexity index is 319. The first-order chi connectivity index (χ1) is 7.13. The second kappa shape index (κ2) is 5.51. The monoisotopic (exact) mass is 207 g/mol. The highest BCUT2D eigenvalue weighted by atomic mass is 16.3. The molecule has 3 heteroatoms. The summed E-state index contributed by atoms with van der Waals surface area (Å²) in [6, 6.07) is 7.91. The fraction of sp³-hybridized carbons (Fsp3) is 0.417. The fourth-order valence-electron chi connectivity index (χ4n) is 1.29. The molecule has 0 aliphatic carbocycles. The van der Waals surface area contributed by atoms with Gasteiger partial charge in [-0.15, -0.1) is 0 Å². The molecule has 0 radical (unpaired) electrons. The molecule has 1 aromatic carbocycles. The maximum atomic E-state index is 11.6. The van der Waals surface area contributed by atoms with Crippen LogP contribution in [0.15, 0.2) is 24.3 Å². The molecule has 1 aromatic rings. The van der Waals surface area contributed by atoms with Gasteiger partial charge in [0.15, 0.2) is 0 Å². The van der Waals surface area contributed by atoms with Crippen molar-refractivity contribution in [3.63, 3.8) is 0 Å². The number of hydrogen-bond donors (Lipinski definition) is 1. The number of hydrogen-bond acceptors (Lipinski definition) is 2. The molecule has 0 aromatic heterocycles. The standard InChI is InChI=1S/C12H17NO2/c1-10-3-5-11(6-4-10)9-12(15)13(2)7-8-14/h3-6,14H,7-9H2,1-2H3. The smallest absolute Gasteiger partial charge is 0.226 e. The summed E-state index contributed by atoms with van der Waals surface area (Å²) in [5.41, 5.74) is 2.20. The molecule has 0 fully saturated rings. The lowest BCUT2D eigenvalue weighted by molar-refractivity contribution is -0.129. The van der Waals surface area contributed by atoms with Crippen LogP contribution in [0.4, 0.5) is 0 Å². The average molecular weight is 207 g/mol. The van der Waals surface area contributed by atoms with Crippen molar-refractivity contribution in [2.24, 2.45) is 0 Å². The number of amides is 1. The Kier molecular flexibility index (Phi) is 4.31. The highest BCUT2D eigenvalue weighted by Gasteiger charge is 2.08. The van der Waals surface area contributed by atoms with Crippen molar-refractivity contribution >= 4 is 5.91 Å². The lowest BCUT2D eigenvalue weighted by Gasteiger charge is -2.15. The zero-order valence-electron chi connectivity index (χ0n) is 9.23. The lowest BCUT2D eigenvalue weighted by Crippen LogP contribution is -2.30. The van der Waals surface area contributed by atoms with Crippen LogP contribution in [0, 0.1) is 6.92 Å². The van der Waals surface area contributed by atoms with Crippen molar-refractivity contribution in [1.29, 1.82) is 0 Å². The quantitative estimate of drug-likeness (QED) is 0.799. The number of aliphatic hydroxyl groups excluding tert-OH is 1. The maximum Gasteiger partial charge on any atom is 0.226 e. The normalized spacial score (nSPS) is 10.1. The summed E-state index contributed by atoms with van der Waals surface area (Å²) in [5.74, 6) is 0.0351. The summed E-state index contributed by atoms with van der Waals surface area (Å²) in [5, 5.41) is 8.69. The molecule has 1 rings (SSSR count). The molecule has 1 amide bonds. The first kappa shape index (κ1) is 11.7. The van der Waals surface area contributed by atoms with Gasteiger partial charge in [-0.3, -0.25) is 4.79 Å². The molecular weight excluding hydrogens is 190 g/mol. The molecule has 1 N–H and O–H groups in total. The Labute approximate surface area is 90.3 Å².